The van der Waals surface area contributed by atoms with Gasteiger partial charge in [0.15, 0.2) is 8.46 Å². The van der Waals surface area contributed by atoms with Crippen molar-refractivity contribution in [3.8, 4) is 0 Å². The molecule has 0 unspecified atom stereocenters. The summed E-state index contributed by atoms with van der Waals surface area (Å²) in [5.41, 5.74) is 14.7. The van der Waals surface area contributed by atoms with Gasteiger partial charge in [-0.05, 0) is 42.3 Å². The minimum absolute atomic E-state index is 0.0115. The first-order valence-corrected chi connectivity index (χ1v) is 6.44. The summed E-state index contributed by atoms with van der Waals surface area (Å²) in [6, 6.07) is 14.9. The molecular weight excluding hydrogens is 243 g/mol. The smallest absolute Gasteiger partial charge is 0.171 e. The summed E-state index contributed by atoms with van der Waals surface area (Å²) in [5, 5.41) is -0.634. The molecule has 0 aliphatic carbocycles. The van der Waals surface area contributed by atoms with Gasteiger partial charge in [-0.1, -0.05) is 24.3 Å². The van der Waals surface area contributed by atoms with Gasteiger partial charge in [-0.3, -0.25) is 4.57 Å². The van der Waals surface area contributed by atoms with Crippen molar-refractivity contribution in [1.82, 2.24) is 0 Å². The van der Waals surface area contributed by atoms with E-state index in [4.69, 9.17) is 11.5 Å². The Labute approximate surface area is 108 Å². The molecule has 0 amide bonds. The van der Waals surface area contributed by atoms with Crippen LogP contribution in [0.15, 0.2) is 48.5 Å². The van der Waals surface area contributed by atoms with Gasteiger partial charge in [0.05, 0.1) is 5.16 Å². The molecule has 92 valence electrons. The molecule has 2 rings (SSSR count). The standard InChI is InChI=1S/C14H15N2OP/c1-14(18-17,10-4-2-6-12(15)8-10)11-5-3-7-13(16)9-11/h2-9H,15-16H2,1H3. The summed E-state index contributed by atoms with van der Waals surface area (Å²) < 4.78 is 11.7. The van der Waals surface area contributed by atoms with Crippen molar-refractivity contribution in [2.45, 2.75) is 12.1 Å². The molecule has 0 radical (unpaired) electrons. The zero-order valence-electron chi connectivity index (χ0n) is 10.1. The molecule has 18 heavy (non-hydrogen) atoms. The highest BCUT2D eigenvalue weighted by molar-refractivity contribution is 7.25. The van der Waals surface area contributed by atoms with E-state index >= 15 is 0 Å². The second-order valence-corrected chi connectivity index (χ2v) is 5.49. The van der Waals surface area contributed by atoms with Gasteiger partial charge in [0.25, 0.3) is 0 Å². The second-order valence-electron chi connectivity index (χ2n) is 4.41. The van der Waals surface area contributed by atoms with Gasteiger partial charge < -0.3 is 11.5 Å². The van der Waals surface area contributed by atoms with Crippen molar-refractivity contribution in [2.24, 2.45) is 0 Å². The summed E-state index contributed by atoms with van der Waals surface area (Å²) >= 11 is 0. The molecule has 0 atom stereocenters. The van der Waals surface area contributed by atoms with Gasteiger partial charge >= 0.3 is 0 Å². The van der Waals surface area contributed by atoms with Crippen molar-refractivity contribution in [1.29, 1.82) is 0 Å². The molecule has 0 aromatic heterocycles. The number of nitrogens with two attached hydrogens (primary N) is 2. The minimum atomic E-state index is -0.634. The molecule has 4 N–H and O–H groups in total. The third-order valence-corrected chi connectivity index (χ3v) is 3.96. The lowest BCUT2D eigenvalue weighted by Gasteiger charge is -2.23. The highest BCUT2D eigenvalue weighted by atomic mass is 31.1. The third kappa shape index (κ3) is 2.22. The molecule has 0 aliphatic rings. The molecule has 2 aromatic rings. The van der Waals surface area contributed by atoms with Crippen LogP contribution in [-0.2, 0) is 9.72 Å². The largest absolute Gasteiger partial charge is 0.399 e. The van der Waals surface area contributed by atoms with Crippen molar-refractivity contribution in [2.75, 3.05) is 11.5 Å². The van der Waals surface area contributed by atoms with Crippen LogP contribution in [0.4, 0.5) is 11.4 Å². The summed E-state index contributed by atoms with van der Waals surface area (Å²) in [7, 11) is 0.0115. The maximum absolute atomic E-state index is 11.7. The number of anilines is 2. The van der Waals surface area contributed by atoms with E-state index in [1.165, 1.54) is 0 Å². The van der Waals surface area contributed by atoms with Gasteiger partial charge in [0, 0.05) is 11.4 Å². The monoisotopic (exact) mass is 258 g/mol. The van der Waals surface area contributed by atoms with E-state index in [1.807, 2.05) is 55.5 Å². The van der Waals surface area contributed by atoms with E-state index in [0.29, 0.717) is 11.4 Å². The second kappa shape index (κ2) is 4.79. The SMILES string of the molecule is CC(P=O)(c1cccc(N)c1)c1cccc(N)c1. The average Bonchev–Trinajstić information content (AvgIpc) is 2.38. The van der Waals surface area contributed by atoms with Crippen LogP contribution in [0.2, 0.25) is 0 Å². The van der Waals surface area contributed by atoms with E-state index in [2.05, 4.69) is 0 Å². The Morgan fingerprint density at radius 3 is 1.72 bits per heavy atom. The highest BCUT2D eigenvalue weighted by Gasteiger charge is 2.30. The fraction of sp³-hybridized carbons (Fsp3) is 0.143. The van der Waals surface area contributed by atoms with E-state index < -0.39 is 5.16 Å². The van der Waals surface area contributed by atoms with Gasteiger partial charge in [0.2, 0.25) is 0 Å². The van der Waals surface area contributed by atoms with Gasteiger partial charge in [-0.25, -0.2) is 0 Å². The first-order valence-electron chi connectivity index (χ1n) is 5.63. The lowest BCUT2D eigenvalue weighted by Crippen LogP contribution is -2.16. The molecule has 0 spiro atoms. The predicted octanol–water partition coefficient (Wildman–Crippen LogP) is 3.41. The minimum Gasteiger partial charge on any atom is -0.399 e. The summed E-state index contributed by atoms with van der Waals surface area (Å²) in [5.74, 6) is 0. The lowest BCUT2D eigenvalue weighted by atomic mass is 9.91. The van der Waals surface area contributed by atoms with E-state index in [1.54, 1.807) is 0 Å². The van der Waals surface area contributed by atoms with E-state index in [9.17, 15) is 4.57 Å². The molecule has 4 heteroatoms. The Morgan fingerprint density at radius 1 is 0.944 bits per heavy atom. The quantitative estimate of drug-likeness (QED) is 0.654. The zero-order valence-corrected chi connectivity index (χ0v) is 11.0. The third-order valence-electron chi connectivity index (χ3n) is 3.08. The fourth-order valence-corrected chi connectivity index (χ4v) is 2.44. The normalized spacial score (nSPS) is 11.6. The van der Waals surface area contributed by atoms with Crippen LogP contribution in [0.3, 0.4) is 0 Å². The average molecular weight is 258 g/mol. The maximum atomic E-state index is 11.7. The Hall–Kier alpha value is -1.86. The summed E-state index contributed by atoms with van der Waals surface area (Å²) in [4.78, 5) is 0. The molecule has 3 nitrogen and oxygen atoms in total. The Morgan fingerprint density at radius 2 is 1.39 bits per heavy atom. The van der Waals surface area contributed by atoms with Crippen LogP contribution in [0, 0.1) is 0 Å². The van der Waals surface area contributed by atoms with Crippen molar-refractivity contribution < 1.29 is 4.57 Å². The van der Waals surface area contributed by atoms with Crippen LogP contribution in [-0.4, -0.2) is 0 Å². The topological polar surface area (TPSA) is 69.1 Å². The van der Waals surface area contributed by atoms with Crippen molar-refractivity contribution in [3.05, 3.63) is 59.7 Å². The predicted molar refractivity (Wildman–Crippen MR) is 75.8 cm³/mol. The molecule has 0 saturated heterocycles. The first kappa shape index (κ1) is 12.6. The molecule has 0 saturated carbocycles. The van der Waals surface area contributed by atoms with Crippen LogP contribution in [0.5, 0.6) is 0 Å². The fourth-order valence-electron chi connectivity index (χ4n) is 1.96. The summed E-state index contributed by atoms with van der Waals surface area (Å²) in [6.07, 6.45) is 0. The van der Waals surface area contributed by atoms with Crippen LogP contribution < -0.4 is 11.5 Å². The molecule has 0 bridgehead atoms. The first-order chi connectivity index (χ1) is 8.56. The van der Waals surface area contributed by atoms with Crippen LogP contribution >= 0.6 is 8.46 Å². The molecule has 2 aromatic carbocycles. The lowest BCUT2D eigenvalue weighted by molar-refractivity contribution is 0.582. The molecule has 0 aliphatic heterocycles. The zero-order chi connectivity index (χ0) is 13.2. The number of nitrogen functional groups attached to an aromatic ring is 2. The molecule has 0 fully saturated rings. The Bertz CT molecular complexity index is 538. The number of benzene rings is 2. The number of rotatable bonds is 3. The van der Waals surface area contributed by atoms with Crippen molar-refractivity contribution in [3.63, 3.8) is 0 Å². The van der Waals surface area contributed by atoms with E-state index in [0.717, 1.165) is 11.1 Å². The van der Waals surface area contributed by atoms with Gasteiger partial charge in [-0.15, -0.1) is 0 Å². The summed E-state index contributed by atoms with van der Waals surface area (Å²) in [6.45, 7) is 1.91. The Kier molecular flexibility index (Phi) is 3.35. The van der Waals surface area contributed by atoms with E-state index in [-0.39, 0.29) is 8.46 Å². The Balaban J connectivity index is 2.58. The number of hydrogen-bond acceptors (Lipinski definition) is 3. The van der Waals surface area contributed by atoms with Crippen LogP contribution in [0.25, 0.3) is 0 Å². The number of hydrogen-bond donors (Lipinski definition) is 2. The molecule has 0 heterocycles. The van der Waals surface area contributed by atoms with Crippen LogP contribution in [0.1, 0.15) is 18.1 Å². The van der Waals surface area contributed by atoms with Gasteiger partial charge in [0.1, 0.15) is 0 Å². The molecular formula is C14H15N2OP. The highest BCUT2D eigenvalue weighted by Crippen LogP contribution is 2.42. The van der Waals surface area contributed by atoms with Gasteiger partial charge in [-0.2, -0.15) is 0 Å². The van der Waals surface area contributed by atoms with Crippen molar-refractivity contribution >= 4 is 19.8 Å². The maximum Gasteiger partial charge on any atom is 0.171 e.